The van der Waals surface area contributed by atoms with Gasteiger partial charge in [0.1, 0.15) is 17.7 Å². The molecule has 3 rings (SSSR count). The van der Waals surface area contributed by atoms with Gasteiger partial charge in [-0.3, -0.25) is 0 Å². The maximum absolute atomic E-state index is 13.4. The van der Waals surface area contributed by atoms with E-state index in [1.165, 1.54) is 25.7 Å². The van der Waals surface area contributed by atoms with Crippen molar-refractivity contribution in [1.29, 1.82) is 0 Å². The number of carbonyl (C=O) groups is 2. The number of rotatable bonds is 8. The fraction of sp³-hybridized carbons (Fsp3) is 0.440. The van der Waals surface area contributed by atoms with Gasteiger partial charge in [0.15, 0.2) is 0 Å². The molecule has 0 radical (unpaired) electrons. The molecule has 3 unspecified atom stereocenters. The lowest BCUT2D eigenvalue weighted by Crippen LogP contribution is -2.44. The van der Waals surface area contributed by atoms with E-state index in [-0.39, 0.29) is 17.9 Å². The molecule has 0 bridgehead atoms. The van der Waals surface area contributed by atoms with Crippen molar-refractivity contribution in [2.24, 2.45) is 5.92 Å². The summed E-state index contributed by atoms with van der Waals surface area (Å²) in [7, 11) is 1.33. The van der Waals surface area contributed by atoms with E-state index in [2.05, 4.69) is 17.6 Å². The Morgan fingerprint density at radius 1 is 1.09 bits per heavy atom. The van der Waals surface area contributed by atoms with Crippen molar-refractivity contribution in [3.8, 4) is 5.75 Å². The molecular formula is C25H31FN2O4. The predicted molar refractivity (Wildman–Crippen MR) is 120 cm³/mol. The molecule has 1 aliphatic carbocycles. The molecule has 0 saturated heterocycles. The van der Waals surface area contributed by atoms with E-state index in [0.29, 0.717) is 30.2 Å². The lowest BCUT2D eigenvalue weighted by Gasteiger charge is -2.27. The summed E-state index contributed by atoms with van der Waals surface area (Å²) < 4.78 is 24.2. The van der Waals surface area contributed by atoms with Gasteiger partial charge < -0.3 is 20.1 Å². The zero-order valence-corrected chi connectivity index (χ0v) is 18.6. The van der Waals surface area contributed by atoms with Crippen LogP contribution >= 0.6 is 0 Å². The maximum Gasteiger partial charge on any atom is 0.337 e. The molecule has 32 heavy (non-hydrogen) atoms. The van der Waals surface area contributed by atoms with Crippen LogP contribution in [0.3, 0.4) is 0 Å². The third-order valence-electron chi connectivity index (χ3n) is 5.76. The zero-order chi connectivity index (χ0) is 22.9. The van der Waals surface area contributed by atoms with Crippen LogP contribution in [0.2, 0.25) is 0 Å². The number of ether oxygens (including phenoxy) is 2. The van der Waals surface area contributed by atoms with Gasteiger partial charge in [0, 0.05) is 19.0 Å². The Hall–Kier alpha value is -3.09. The van der Waals surface area contributed by atoms with Gasteiger partial charge in [0.25, 0.3) is 0 Å². The Morgan fingerprint density at radius 2 is 1.81 bits per heavy atom. The highest BCUT2D eigenvalue weighted by molar-refractivity contribution is 5.89. The number of carbonyl (C=O) groups excluding carboxylic acids is 2. The summed E-state index contributed by atoms with van der Waals surface area (Å²) in [6.45, 7) is 2.62. The van der Waals surface area contributed by atoms with Crippen LogP contribution < -0.4 is 15.4 Å². The van der Waals surface area contributed by atoms with Gasteiger partial charge in [0.2, 0.25) is 0 Å². The van der Waals surface area contributed by atoms with Crippen molar-refractivity contribution in [2.75, 3.05) is 13.7 Å². The minimum atomic E-state index is -0.422. The van der Waals surface area contributed by atoms with E-state index in [1.807, 2.05) is 0 Å². The Labute approximate surface area is 188 Å². The van der Waals surface area contributed by atoms with Gasteiger partial charge in [0.05, 0.1) is 12.7 Å². The summed E-state index contributed by atoms with van der Waals surface area (Å²) in [6.07, 6.45) is 4.49. The topological polar surface area (TPSA) is 76.7 Å². The molecule has 1 fully saturated rings. The molecule has 2 amide bonds. The van der Waals surface area contributed by atoms with Gasteiger partial charge in [-0.15, -0.1) is 0 Å². The summed E-state index contributed by atoms with van der Waals surface area (Å²) in [5.41, 5.74) is 1.22. The fourth-order valence-electron chi connectivity index (χ4n) is 4.04. The van der Waals surface area contributed by atoms with E-state index in [4.69, 9.17) is 9.47 Å². The van der Waals surface area contributed by atoms with Crippen LogP contribution in [0.1, 0.15) is 61.1 Å². The number of hydrogen-bond acceptors (Lipinski definition) is 4. The Balaban J connectivity index is 1.58. The van der Waals surface area contributed by atoms with E-state index >= 15 is 0 Å². The van der Waals surface area contributed by atoms with E-state index in [9.17, 15) is 14.0 Å². The molecule has 0 aromatic heterocycles. The quantitative estimate of drug-likeness (QED) is 0.564. The second-order valence-corrected chi connectivity index (χ2v) is 8.33. The van der Waals surface area contributed by atoms with E-state index in [0.717, 1.165) is 24.8 Å². The smallest absolute Gasteiger partial charge is 0.337 e. The summed E-state index contributed by atoms with van der Waals surface area (Å²) in [5.74, 6) is 0.451. The second-order valence-electron chi connectivity index (χ2n) is 8.33. The molecule has 172 valence electrons. The maximum atomic E-state index is 13.4. The lowest BCUT2D eigenvalue weighted by atomic mass is 9.87. The molecular weight excluding hydrogens is 411 g/mol. The fourth-order valence-corrected chi connectivity index (χ4v) is 4.04. The average Bonchev–Trinajstić information content (AvgIpc) is 2.79. The van der Waals surface area contributed by atoms with Gasteiger partial charge in [-0.25, -0.2) is 14.0 Å². The van der Waals surface area contributed by atoms with Gasteiger partial charge in [-0.1, -0.05) is 31.9 Å². The van der Waals surface area contributed by atoms with Crippen molar-refractivity contribution in [1.82, 2.24) is 10.6 Å². The number of amides is 2. The summed E-state index contributed by atoms with van der Waals surface area (Å²) in [6, 6.07) is 12.8. The first-order valence-electron chi connectivity index (χ1n) is 11.1. The zero-order valence-electron chi connectivity index (χ0n) is 18.6. The number of nitrogens with one attached hydrogen (secondary N) is 2. The lowest BCUT2D eigenvalue weighted by molar-refractivity contribution is 0.0600. The molecule has 1 aliphatic rings. The highest BCUT2D eigenvalue weighted by Gasteiger charge is 2.21. The number of methoxy groups -OCH3 is 1. The normalized spacial score (nSPS) is 19.0. The first-order chi connectivity index (χ1) is 15.4. The van der Waals surface area contributed by atoms with Crippen LogP contribution in [0.15, 0.2) is 48.5 Å². The van der Waals surface area contributed by atoms with Gasteiger partial charge in [-0.05, 0) is 60.7 Å². The van der Waals surface area contributed by atoms with Crippen molar-refractivity contribution in [2.45, 2.75) is 51.2 Å². The number of urea groups is 1. The molecule has 0 aliphatic heterocycles. The SMILES string of the molecule is COC(=O)c1ccc(OC(CCNC(=O)NC2CCCC(C)C2)c2ccc(F)cc2)cc1. The molecule has 2 aromatic carbocycles. The Kier molecular flexibility index (Phi) is 8.48. The van der Waals surface area contributed by atoms with Gasteiger partial charge in [-0.2, -0.15) is 0 Å². The first-order valence-corrected chi connectivity index (χ1v) is 11.1. The van der Waals surface area contributed by atoms with Crippen LogP contribution in [0, 0.1) is 11.7 Å². The predicted octanol–water partition coefficient (Wildman–Crippen LogP) is 5.00. The minimum Gasteiger partial charge on any atom is -0.486 e. The third-order valence-corrected chi connectivity index (χ3v) is 5.76. The first kappa shape index (κ1) is 23.6. The molecule has 6 nitrogen and oxygen atoms in total. The molecule has 0 spiro atoms. The van der Waals surface area contributed by atoms with Crippen LogP contribution in [-0.2, 0) is 4.74 Å². The number of esters is 1. The largest absolute Gasteiger partial charge is 0.486 e. The van der Waals surface area contributed by atoms with Crippen molar-refractivity contribution < 1.29 is 23.5 Å². The number of halogens is 1. The molecule has 2 aromatic rings. The number of benzene rings is 2. The highest BCUT2D eigenvalue weighted by atomic mass is 19.1. The van der Waals surface area contributed by atoms with Crippen LogP contribution in [0.5, 0.6) is 5.75 Å². The highest BCUT2D eigenvalue weighted by Crippen LogP contribution is 2.26. The van der Waals surface area contributed by atoms with Crippen molar-refractivity contribution >= 4 is 12.0 Å². The van der Waals surface area contributed by atoms with Crippen LogP contribution in [0.4, 0.5) is 9.18 Å². The van der Waals surface area contributed by atoms with E-state index in [1.54, 1.807) is 36.4 Å². The number of hydrogen-bond donors (Lipinski definition) is 2. The Morgan fingerprint density at radius 3 is 2.47 bits per heavy atom. The molecule has 0 heterocycles. The van der Waals surface area contributed by atoms with E-state index < -0.39 is 12.1 Å². The molecule has 3 atom stereocenters. The van der Waals surface area contributed by atoms with Crippen LogP contribution in [0.25, 0.3) is 0 Å². The molecule has 1 saturated carbocycles. The monoisotopic (exact) mass is 442 g/mol. The van der Waals surface area contributed by atoms with Crippen molar-refractivity contribution in [3.05, 3.63) is 65.5 Å². The van der Waals surface area contributed by atoms with Crippen molar-refractivity contribution in [3.63, 3.8) is 0 Å². The summed E-state index contributed by atoms with van der Waals surface area (Å²) >= 11 is 0. The van der Waals surface area contributed by atoms with Gasteiger partial charge >= 0.3 is 12.0 Å². The summed E-state index contributed by atoms with van der Waals surface area (Å²) in [4.78, 5) is 23.9. The molecule has 2 N–H and O–H groups in total. The Bertz CT molecular complexity index is 886. The third kappa shape index (κ3) is 6.97. The average molecular weight is 443 g/mol. The standard InChI is InChI=1S/C25H31FN2O4/c1-17-4-3-5-21(16-17)28-25(30)27-15-14-23(18-6-10-20(26)11-7-18)32-22-12-8-19(9-13-22)24(29)31-2/h6-13,17,21,23H,3-5,14-16H2,1-2H3,(H2,27,28,30). The minimum absolute atomic E-state index is 0.176. The summed E-state index contributed by atoms with van der Waals surface area (Å²) in [5, 5.41) is 5.97. The van der Waals surface area contributed by atoms with Crippen LogP contribution in [-0.4, -0.2) is 31.7 Å². The molecule has 7 heteroatoms. The second kappa shape index (κ2) is 11.5.